The number of amides is 2. The predicted octanol–water partition coefficient (Wildman–Crippen LogP) is 1.97. The molecule has 0 aliphatic heterocycles. The molecule has 18 heavy (non-hydrogen) atoms. The minimum atomic E-state index is -5.22. The van der Waals surface area contributed by atoms with Crippen LogP contribution in [0.15, 0.2) is 24.3 Å². The molecule has 0 bridgehead atoms. The van der Waals surface area contributed by atoms with E-state index in [1.54, 1.807) is 0 Å². The SMILES string of the molecule is O=C(NOC(=O)C(F)(F)F)Nc1cccc(F)c1. The van der Waals surface area contributed by atoms with Crippen LogP contribution >= 0.6 is 0 Å². The second kappa shape index (κ2) is 5.34. The van der Waals surface area contributed by atoms with Crippen LogP contribution in [0.1, 0.15) is 0 Å². The van der Waals surface area contributed by atoms with Gasteiger partial charge in [0, 0.05) is 5.69 Å². The molecule has 1 aromatic carbocycles. The number of urea groups is 1. The molecule has 0 aliphatic rings. The van der Waals surface area contributed by atoms with Crippen molar-refractivity contribution >= 4 is 17.7 Å². The summed E-state index contributed by atoms with van der Waals surface area (Å²) in [5, 5.41) is 1.95. The summed E-state index contributed by atoms with van der Waals surface area (Å²) in [6.45, 7) is 0. The van der Waals surface area contributed by atoms with Gasteiger partial charge in [0.1, 0.15) is 5.82 Å². The van der Waals surface area contributed by atoms with E-state index in [0.29, 0.717) is 0 Å². The number of benzene rings is 1. The average Bonchev–Trinajstić information content (AvgIpc) is 2.24. The molecule has 0 heterocycles. The van der Waals surface area contributed by atoms with Gasteiger partial charge in [0.15, 0.2) is 0 Å². The van der Waals surface area contributed by atoms with Crippen molar-refractivity contribution in [2.24, 2.45) is 0 Å². The molecule has 1 rings (SSSR count). The minimum absolute atomic E-state index is 0.0180. The molecule has 0 atom stereocenters. The maximum atomic E-state index is 12.7. The van der Waals surface area contributed by atoms with E-state index in [-0.39, 0.29) is 5.69 Å². The van der Waals surface area contributed by atoms with Crippen molar-refractivity contribution in [1.29, 1.82) is 0 Å². The van der Waals surface area contributed by atoms with Crippen molar-refractivity contribution in [1.82, 2.24) is 5.48 Å². The quantitative estimate of drug-likeness (QED) is 0.603. The third-order valence-electron chi connectivity index (χ3n) is 1.55. The van der Waals surface area contributed by atoms with Crippen LogP contribution in [-0.4, -0.2) is 18.2 Å². The van der Waals surface area contributed by atoms with Crippen LogP contribution in [0.2, 0.25) is 0 Å². The molecular formula is C9H6F4N2O3. The highest BCUT2D eigenvalue weighted by molar-refractivity contribution is 5.89. The molecule has 5 nitrogen and oxygen atoms in total. The molecule has 0 aromatic heterocycles. The molecule has 0 fully saturated rings. The van der Waals surface area contributed by atoms with Gasteiger partial charge in [0.05, 0.1) is 0 Å². The highest BCUT2D eigenvalue weighted by Gasteiger charge is 2.41. The van der Waals surface area contributed by atoms with Gasteiger partial charge in [-0.25, -0.2) is 14.0 Å². The van der Waals surface area contributed by atoms with Crippen molar-refractivity contribution in [3.05, 3.63) is 30.1 Å². The molecule has 1 aromatic rings. The first-order chi connectivity index (χ1) is 8.29. The Hall–Kier alpha value is -2.32. The standard InChI is InChI=1S/C9H6F4N2O3/c10-5-2-1-3-6(4-5)14-8(17)15-18-7(16)9(11,12)13/h1-4H,(H2,14,15,17). The van der Waals surface area contributed by atoms with Crippen LogP contribution in [-0.2, 0) is 9.63 Å². The normalized spacial score (nSPS) is 10.7. The molecule has 0 saturated heterocycles. The Kier molecular flexibility index (Phi) is 4.08. The van der Waals surface area contributed by atoms with Gasteiger partial charge in [-0.15, -0.1) is 0 Å². The van der Waals surface area contributed by atoms with E-state index in [9.17, 15) is 27.2 Å². The lowest BCUT2D eigenvalue weighted by Gasteiger charge is -2.08. The van der Waals surface area contributed by atoms with Crippen molar-refractivity contribution in [2.45, 2.75) is 6.18 Å². The first-order valence-electron chi connectivity index (χ1n) is 4.39. The number of rotatable bonds is 1. The lowest BCUT2D eigenvalue weighted by atomic mass is 10.3. The summed E-state index contributed by atoms with van der Waals surface area (Å²) < 4.78 is 47.7. The molecule has 2 amide bonds. The molecule has 0 spiro atoms. The second-order valence-electron chi connectivity index (χ2n) is 2.95. The van der Waals surface area contributed by atoms with Gasteiger partial charge >= 0.3 is 18.2 Å². The predicted molar refractivity (Wildman–Crippen MR) is 50.7 cm³/mol. The van der Waals surface area contributed by atoms with E-state index in [0.717, 1.165) is 12.1 Å². The van der Waals surface area contributed by atoms with Gasteiger partial charge in [0.2, 0.25) is 0 Å². The topological polar surface area (TPSA) is 67.4 Å². The van der Waals surface area contributed by atoms with Gasteiger partial charge in [0.25, 0.3) is 0 Å². The summed E-state index contributed by atoms with van der Waals surface area (Å²) in [5.74, 6) is -3.23. The molecule has 9 heteroatoms. The number of anilines is 1. The van der Waals surface area contributed by atoms with Crippen LogP contribution in [0.4, 0.5) is 28.0 Å². The van der Waals surface area contributed by atoms with Gasteiger partial charge in [-0.3, -0.25) is 0 Å². The lowest BCUT2D eigenvalue weighted by Crippen LogP contribution is -2.36. The second-order valence-corrected chi connectivity index (χ2v) is 2.95. The van der Waals surface area contributed by atoms with Crippen molar-refractivity contribution < 1.29 is 32.0 Å². The number of nitrogens with one attached hydrogen (secondary N) is 2. The van der Waals surface area contributed by atoms with E-state index >= 15 is 0 Å². The van der Waals surface area contributed by atoms with Crippen LogP contribution in [0.3, 0.4) is 0 Å². The van der Waals surface area contributed by atoms with E-state index in [1.807, 2.05) is 5.32 Å². The maximum absolute atomic E-state index is 12.7. The highest BCUT2D eigenvalue weighted by Crippen LogP contribution is 2.15. The Bertz CT molecular complexity index is 461. The van der Waals surface area contributed by atoms with E-state index in [4.69, 9.17) is 0 Å². The highest BCUT2D eigenvalue weighted by atomic mass is 19.4. The monoisotopic (exact) mass is 266 g/mol. The molecule has 0 aliphatic carbocycles. The Labute approximate surface area is 97.7 Å². The van der Waals surface area contributed by atoms with E-state index in [1.165, 1.54) is 17.6 Å². The smallest absolute Gasteiger partial charge is 0.331 e. The Morgan fingerprint density at radius 2 is 1.89 bits per heavy atom. The Balaban J connectivity index is 2.46. The van der Waals surface area contributed by atoms with Crippen molar-refractivity contribution in [2.75, 3.05) is 5.32 Å². The van der Waals surface area contributed by atoms with Crippen LogP contribution < -0.4 is 10.8 Å². The van der Waals surface area contributed by atoms with Gasteiger partial charge in [-0.2, -0.15) is 18.7 Å². The number of hydroxylamine groups is 1. The van der Waals surface area contributed by atoms with Gasteiger partial charge in [-0.1, -0.05) is 6.07 Å². The third kappa shape index (κ3) is 4.28. The lowest BCUT2D eigenvalue weighted by molar-refractivity contribution is -0.204. The summed E-state index contributed by atoms with van der Waals surface area (Å²) in [6, 6.07) is 3.33. The number of hydrogen-bond acceptors (Lipinski definition) is 3. The minimum Gasteiger partial charge on any atom is -0.331 e. The molecule has 0 radical (unpaired) electrons. The molecule has 98 valence electrons. The van der Waals surface area contributed by atoms with E-state index < -0.39 is 24.0 Å². The van der Waals surface area contributed by atoms with E-state index in [2.05, 4.69) is 4.84 Å². The Morgan fingerprint density at radius 3 is 2.44 bits per heavy atom. The number of carbonyl (C=O) groups is 2. The fourth-order valence-corrected chi connectivity index (χ4v) is 0.873. The average molecular weight is 266 g/mol. The van der Waals surface area contributed by atoms with Crippen LogP contribution in [0.5, 0.6) is 0 Å². The zero-order valence-corrected chi connectivity index (χ0v) is 8.55. The number of alkyl halides is 3. The summed E-state index contributed by atoms with van der Waals surface area (Å²) in [7, 11) is 0. The summed E-state index contributed by atoms with van der Waals surface area (Å²) in [4.78, 5) is 24.6. The molecular weight excluding hydrogens is 260 g/mol. The van der Waals surface area contributed by atoms with Gasteiger partial charge in [-0.05, 0) is 18.2 Å². The third-order valence-corrected chi connectivity index (χ3v) is 1.55. The zero-order chi connectivity index (χ0) is 13.8. The summed E-state index contributed by atoms with van der Waals surface area (Å²) in [5.41, 5.74) is 1.20. The summed E-state index contributed by atoms with van der Waals surface area (Å²) >= 11 is 0. The number of halogens is 4. The molecule has 0 unspecified atom stereocenters. The number of hydrogen-bond donors (Lipinski definition) is 2. The maximum Gasteiger partial charge on any atom is 0.493 e. The first-order valence-corrected chi connectivity index (χ1v) is 4.39. The fraction of sp³-hybridized carbons (Fsp3) is 0.111. The Morgan fingerprint density at radius 1 is 1.22 bits per heavy atom. The number of carbonyl (C=O) groups excluding carboxylic acids is 2. The van der Waals surface area contributed by atoms with Crippen molar-refractivity contribution in [3.63, 3.8) is 0 Å². The molecule has 2 N–H and O–H groups in total. The van der Waals surface area contributed by atoms with Crippen LogP contribution in [0, 0.1) is 5.82 Å². The zero-order valence-electron chi connectivity index (χ0n) is 8.55. The largest absolute Gasteiger partial charge is 0.493 e. The molecule has 0 saturated carbocycles. The van der Waals surface area contributed by atoms with Gasteiger partial charge < -0.3 is 10.2 Å². The van der Waals surface area contributed by atoms with Crippen molar-refractivity contribution in [3.8, 4) is 0 Å². The first kappa shape index (κ1) is 13.7. The summed E-state index contributed by atoms with van der Waals surface area (Å²) in [6.07, 6.45) is -5.22. The fourth-order valence-electron chi connectivity index (χ4n) is 0.873. The van der Waals surface area contributed by atoms with Crippen LogP contribution in [0.25, 0.3) is 0 Å².